The molecule has 63 valence electrons. The molecular weight excluding hydrogens is 140 g/mol. The van der Waals surface area contributed by atoms with E-state index in [1.54, 1.807) is 0 Å². The lowest BCUT2D eigenvalue weighted by Gasteiger charge is -2.17. The molecule has 0 aromatic carbocycles. The fourth-order valence-corrected chi connectivity index (χ4v) is 1.51. The highest BCUT2D eigenvalue weighted by Crippen LogP contribution is 2.17. The van der Waals surface area contributed by atoms with E-state index < -0.39 is 0 Å². The van der Waals surface area contributed by atoms with Crippen LogP contribution in [0.3, 0.4) is 0 Å². The lowest BCUT2D eigenvalue weighted by Crippen LogP contribution is -2.43. The maximum absolute atomic E-state index is 10.00. The minimum Gasteiger partial charge on any atom is -0.343 e. The van der Waals surface area contributed by atoms with E-state index in [0.717, 1.165) is 0 Å². The van der Waals surface area contributed by atoms with Crippen LogP contribution in [0.25, 0.3) is 0 Å². The standard InChI is InChI=1S/C8H15N2O/c1-7(9-6-11)10-8-4-2-3-5-8/h6-8,10H,1-5H2,(H,9,11). The van der Waals surface area contributed by atoms with E-state index in [9.17, 15) is 4.79 Å². The molecular formula is C8H15N2O. The number of rotatable bonds is 4. The third-order valence-corrected chi connectivity index (χ3v) is 2.06. The van der Waals surface area contributed by atoms with Crippen molar-refractivity contribution in [2.75, 3.05) is 0 Å². The van der Waals surface area contributed by atoms with Crippen LogP contribution in [-0.2, 0) is 4.79 Å². The van der Waals surface area contributed by atoms with Gasteiger partial charge in [-0.15, -0.1) is 0 Å². The van der Waals surface area contributed by atoms with Crippen LogP contribution in [0.2, 0.25) is 0 Å². The number of carbonyl (C=O) groups excluding carboxylic acids is 1. The molecule has 1 atom stereocenters. The minimum absolute atomic E-state index is 0.129. The van der Waals surface area contributed by atoms with Gasteiger partial charge in [-0.05, 0) is 19.8 Å². The van der Waals surface area contributed by atoms with E-state index in [4.69, 9.17) is 0 Å². The average molecular weight is 155 g/mol. The first-order chi connectivity index (χ1) is 5.33. The van der Waals surface area contributed by atoms with Gasteiger partial charge >= 0.3 is 0 Å². The van der Waals surface area contributed by atoms with Gasteiger partial charge in [-0.1, -0.05) is 12.8 Å². The molecule has 1 aliphatic rings. The van der Waals surface area contributed by atoms with E-state index >= 15 is 0 Å². The molecule has 11 heavy (non-hydrogen) atoms. The van der Waals surface area contributed by atoms with Crippen LogP contribution in [0.4, 0.5) is 0 Å². The molecule has 3 heteroatoms. The molecule has 1 saturated carbocycles. The maximum atomic E-state index is 10.00. The van der Waals surface area contributed by atoms with Gasteiger partial charge in [0.25, 0.3) is 0 Å². The summed E-state index contributed by atoms with van der Waals surface area (Å²) in [5.74, 6) is 0. The van der Waals surface area contributed by atoms with Crippen LogP contribution in [0.5, 0.6) is 0 Å². The van der Waals surface area contributed by atoms with Gasteiger partial charge in [0, 0.05) is 6.04 Å². The predicted octanol–water partition coefficient (Wildman–Crippen LogP) is 0.425. The van der Waals surface area contributed by atoms with Crippen LogP contribution < -0.4 is 10.6 Å². The largest absolute Gasteiger partial charge is 0.343 e. The van der Waals surface area contributed by atoms with Crippen LogP contribution in [0.1, 0.15) is 25.7 Å². The van der Waals surface area contributed by atoms with E-state index in [1.165, 1.54) is 25.7 Å². The van der Waals surface area contributed by atoms with Crippen molar-refractivity contribution in [3.8, 4) is 0 Å². The van der Waals surface area contributed by atoms with Crippen molar-refractivity contribution >= 4 is 6.41 Å². The van der Waals surface area contributed by atoms with Crippen molar-refractivity contribution < 1.29 is 4.79 Å². The summed E-state index contributed by atoms with van der Waals surface area (Å²) in [6.07, 6.45) is 5.57. The SMILES string of the molecule is [CH2]C(NC=O)NC1CCCC1. The van der Waals surface area contributed by atoms with Crippen LogP contribution in [0, 0.1) is 6.92 Å². The fraction of sp³-hybridized carbons (Fsp3) is 0.750. The highest BCUT2D eigenvalue weighted by Gasteiger charge is 2.15. The van der Waals surface area contributed by atoms with Crippen molar-refractivity contribution in [3.63, 3.8) is 0 Å². The molecule has 0 aromatic heterocycles. The molecule has 2 N–H and O–H groups in total. The van der Waals surface area contributed by atoms with E-state index in [2.05, 4.69) is 17.6 Å². The summed E-state index contributed by atoms with van der Waals surface area (Å²) in [6, 6.07) is 0.560. The second-order valence-electron chi connectivity index (χ2n) is 2.99. The molecule has 3 nitrogen and oxygen atoms in total. The average Bonchev–Trinajstić information content (AvgIpc) is 2.40. The van der Waals surface area contributed by atoms with Gasteiger partial charge in [-0.25, -0.2) is 0 Å². The molecule has 1 rings (SSSR count). The highest BCUT2D eigenvalue weighted by atomic mass is 16.1. The molecule has 0 spiro atoms. The maximum Gasteiger partial charge on any atom is 0.208 e. The van der Waals surface area contributed by atoms with E-state index in [-0.39, 0.29) is 6.17 Å². The van der Waals surface area contributed by atoms with Crippen molar-refractivity contribution in [2.24, 2.45) is 0 Å². The Morgan fingerprint density at radius 3 is 2.64 bits per heavy atom. The van der Waals surface area contributed by atoms with Crippen molar-refractivity contribution in [1.29, 1.82) is 0 Å². The number of hydrogen-bond donors (Lipinski definition) is 2. The lowest BCUT2D eigenvalue weighted by atomic mass is 10.2. The zero-order chi connectivity index (χ0) is 8.10. The summed E-state index contributed by atoms with van der Waals surface area (Å²) in [5.41, 5.74) is 0. The summed E-state index contributed by atoms with van der Waals surface area (Å²) in [5, 5.41) is 5.80. The third kappa shape index (κ3) is 2.89. The van der Waals surface area contributed by atoms with Gasteiger partial charge < -0.3 is 5.32 Å². The Kier molecular flexibility index (Phi) is 3.36. The second kappa shape index (κ2) is 4.34. The summed E-state index contributed by atoms with van der Waals surface area (Å²) in [7, 11) is 0. The molecule has 1 amide bonds. The smallest absolute Gasteiger partial charge is 0.208 e. The fourth-order valence-electron chi connectivity index (χ4n) is 1.51. The van der Waals surface area contributed by atoms with Crippen molar-refractivity contribution in [1.82, 2.24) is 10.6 Å². The molecule has 0 heterocycles. The first-order valence-electron chi connectivity index (χ1n) is 4.12. The van der Waals surface area contributed by atoms with Crippen LogP contribution in [0.15, 0.2) is 0 Å². The number of nitrogens with one attached hydrogen (secondary N) is 2. The van der Waals surface area contributed by atoms with Gasteiger partial charge in [0.2, 0.25) is 6.41 Å². The lowest BCUT2D eigenvalue weighted by molar-refractivity contribution is -0.110. The van der Waals surface area contributed by atoms with Crippen molar-refractivity contribution in [3.05, 3.63) is 6.92 Å². The zero-order valence-electron chi connectivity index (χ0n) is 6.68. The van der Waals surface area contributed by atoms with Gasteiger partial charge in [0.1, 0.15) is 0 Å². The first kappa shape index (κ1) is 8.53. The summed E-state index contributed by atoms with van der Waals surface area (Å²) < 4.78 is 0. The first-order valence-corrected chi connectivity index (χ1v) is 4.12. The molecule has 1 fully saturated rings. The Bertz CT molecular complexity index is 121. The van der Waals surface area contributed by atoms with Crippen LogP contribution >= 0.6 is 0 Å². The Labute approximate surface area is 67.5 Å². The summed E-state index contributed by atoms with van der Waals surface area (Å²) >= 11 is 0. The van der Waals surface area contributed by atoms with E-state index in [1.807, 2.05) is 0 Å². The molecule has 1 unspecified atom stereocenters. The normalized spacial score (nSPS) is 21.5. The topological polar surface area (TPSA) is 41.1 Å². The monoisotopic (exact) mass is 155 g/mol. The summed E-state index contributed by atoms with van der Waals surface area (Å²) in [4.78, 5) is 10.00. The van der Waals surface area contributed by atoms with Crippen molar-refractivity contribution in [2.45, 2.75) is 37.9 Å². The minimum atomic E-state index is -0.129. The van der Waals surface area contributed by atoms with Gasteiger partial charge in [0.15, 0.2) is 0 Å². The molecule has 0 aromatic rings. The van der Waals surface area contributed by atoms with E-state index in [0.29, 0.717) is 12.5 Å². The summed E-state index contributed by atoms with van der Waals surface area (Å²) in [6.45, 7) is 3.74. The quantitative estimate of drug-likeness (QED) is 0.456. The molecule has 1 aliphatic carbocycles. The highest BCUT2D eigenvalue weighted by molar-refractivity contribution is 5.46. The Morgan fingerprint density at radius 1 is 1.45 bits per heavy atom. The van der Waals surface area contributed by atoms with Crippen LogP contribution in [-0.4, -0.2) is 18.6 Å². The predicted molar refractivity (Wildman–Crippen MR) is 43.7 cm³/mol. The third-order valence-electron chi connectivity index (χ3n) is 2.06. The van der Waals surface area contributed by atoms with Gasteiger partial charge in [-0.3, -0.25) is 10.1 Å². The zero-order valence-corrected chi connectivity index (χ0v) is 6.68. The Morgan fingerprint density at radius 2 is 2.09 bits per heavy atom. The van der Waals surface area contributed by atoms with Gasteiger partial charge in [0.05, 0.1) is 6.17 Å². The molecule has 0 bridgehead atoms. The number of carbonyl (C=O) groups is 1. The Hall–Kier alpha value is -0.570. The Balaban J connectivity index is 2.12. The number of hydrogen-bond acceptors (Lipinski definition) is 2. The van der Waals surface area contributed by atoms with Gasteiger partial charge in [-0.2, -0.15) is 0 Å². The number of amides is 1. The second-order valence-corrected chi connectivity index (χ2v) is 2.99. The molecule has 0 aliphatic heterocycles. The molecule has 0 saturated heterocycles. The molecule has 1 radical (unpaired) electrons.